The van der Waals surface area contributed by atoms with Crippen LogP contribution in [0.4, 0.5) is 0 Å². The van der Waals surface area contributed by atoms with Gasteiger partial charge in [0.1, 0.15) is 5.60 Å². The van der Waals surface area contributed by atoms with Gasteiger partial charge in [-0.05, 0) is 47.1 Å². The Labute approximate surface area is 176 Å². The molecule has 0 saturated heterocycles. The van der Waals surface area contributed by atoms with E-state index in [0.29, 0.717) is 12.3 Å². The lowest BCUT2D eigenvalue weighted by atomic mass is 9.79. The zero-order chi connectivity index (χ0) is 20.2. The summed E-state index contributed by atoms with van der Waals surface area (Å²) in [5.41, 5.74) is 5.91. The van der Waals surface area contributed by atoms with Crippen molar-refractivity contribution in [1.82, 2.24) is 4.98 Å². The molecule has 1 fully saturated rings. The molecule has 6 rings (SSSR count). The van der Waals surface area contributed by atoms with Crippen LogP contribution >= 0.6 is 0 Å². The summed E-state index contributed by atoms with van der Waals surface area (Å²) in [6.07, 6.45) is 3.62. The summed E-state index contributed by atoms with van der Waals surface area (Å²) in [5, 5.41) is 12.1. The topological polar surface area (TPSA) is 33.1 Å². The van der Waals surface area contributed by atoms with Gasteiger partial charge in [0, 0.05) is 17.2 Å². The number of rotatable bonds is 4. The Morgan fingerprint density at radius 3 is 2.07 bits per heavy atom. The van der Waals surface area contributed by atoms with Gasteiger partial charge in [0.15, 0.2) is 0 Å². The normalized spacial score (nSPS) is 21.3. The second-order valence-corrected chi connectivity index (χ2v) is 8.61. The number of benzene rings is 3. The van der Waals surface area contributed by atoms with Crippen LogP contribution in [0.1, 0.15) is 35.1 Å². The van der Waals surface area contributed by atoms with E-state index in [9.17, 15) is 5.11 Å². The van der Waals surface area contributed by atoms with Crippen LogP contribution in [-0.4, -0.2) is 10.1 Å². The van der Waals surface area contributed by atoms with E-state index in [0.717, 1.165) is 23.2 Å². The number of aliphatic hydroxyl groups is 1. The molecule has 0 amide bonds. The van der Waals surface area contributed by atoms with Crippen LogP contribution < -0.4 is 0 Å². The third-order valence-electron chi connectivity index (χ3n) is 7.10. The van der Waals surface area contributed by atoms with Gasteiger partial charge in [0.25, 0.3) is 0 Å². The van der Waals surface area contributed by atoms with Gasteiger partial charge in [-0.1, -0.05) is 91.0 Å². The second kappa shape index (κ2) is 6.38. The molecule has 2 aliphatic rings. The summed E-state index contributed by atoms with van der Waals surface area (Å²) in [6, 6.07) is 33.1. The van der Waals surface area contributed by atoms with Crippen molar-refractivity contribution in [3.63, 3.8) is 0 Å². The first-order valence-electron chi connectivity index (χ1n) is 10.6. The van der Waals surface area contributed by atoms with Crippen molar-refractivity contribution in [2.45, 2.75) is 23.9 Å². The van der Waals surface area contributed by atoms with Gasteiger partial charge in [0.05, 0.1) is 5.69 Å². The average Bonchev–Trinajstić information content (AvgIpc) is 3.46. The molecule has 30 heavy (non-hydrogen) atoms. The summed E-state index contributed by atoms with van der Waals surface area (Å²) >= 11 is 0. The fraction of sp³-hybridized carbons (Fsp3) is 0.179. The number of nitrogens with zero attached hydrogens (tertiary/aromatic N) is 1. The Balaban J connectivity index is 1.46. The predicted octanol–water partition coefficient (Wildman–Crippen LogP) is 5.69. The van der Waals surface area contributed by atoms with E-state index >= 15 is 0 Å². The van der Waals surface area contributed by atoms with Gasteiger partial charge in [0.2, 0.25) is 0 Å². The van der Waals surface area contributed by atoms with Crippen LogP contribution in [0, 0.1) is 5.92 Å². The van der Waals surface area contributed by atoms with Crippen molar-refractivity contribution in [2.75, 3.05) is 0 Å². The van der Waals surface area contributed by atoms with Gasteiger partial charge in [-0.2, -0.15) is 0 Å². The molecule has 0 radical (unpaired) electrons. The number of fused-ring (bicyclic) bond motifs is 5. The summed E-state index contributed by atoms with van der Waals surface area (Å²) < 4.78 is 0. The lowest BCUT2D eigenvalue weighted by molar-refractivity contribution is 0.0629. The second-order valence-electron chi connectivity index (χ2n) is 8.61. The summed E-state index contributed by atoms with van der Waals surface area (Å²) in [7, 11) is 0. The third-order valence-corrected chi connectivity index (χ3v) is 7.10. The average molecular weight is 389 g/mol. The van der Waals surface area contributed by atoms with Crippen molar-refractivity contribution < 1.29 is 5.11 Å². The van der Waals surface area contributed by atoms with E-state index in [2.05, 4.69) is 30.3 Å². The molecule has 0 unspecified atom stereocenters. The molecular weight excluding hydrogens is 366 g/mol. The molecule has 2 atom stereocenters. The number of aromatic nitrogens is 1. The molecule has 2 aliphatic carbocycles. The predicted molar refractivity (Wildman–Crippen MR) is 119 cm³/mol. The van der Waals surface area contributed by atoms with Gasteiger partial charge >= 0.3 is 0 Å². The SMILES string of the molecule is OC(C[C@@H]1C[C@@]12c1ccccc1-c1ncccc12)(c1ccccc1)c1ccccc1. The minimum Gasteiger partial charge on any atom is -0.380 e. The molecule has 1 aromatic heterocycles. The van der Waals surface area contributed by atoms with Crippen molar-refractivity contribution in [3.8, 4) is 11.3 Å². The Morgan fingerprint density at radius 1 is 0.767 bits per heavy atom. The summed E-state index contributed by atoms with van der Waals surface area (Å²) in [4.78, 5) is 4.72. The Morgan fingerprint density at radius 2 is 1.37 bits per heavy atom. The van der Waals surface area contributed by atoms with E-state index in [1.54, 1.807) is 0 Å². The zero-order valence-electron chi connectivity index (χ0n) is 16.7. The van der Waals surface area contributed by atoms with E-state index in [1.165, 1.54) is 16.7 Å². The maximum atomic E-state index is 12.1. The zero-order valence-corrected chi connectivity index (χ0v) is 16.7. The summed E-state index contributed by atoms with van der Waals surface area (Å²) in [6.45, 7) is 0. The molecule has 3 aromatic carbocycles. The first-order chi connectivity index (χ1) is 14.7. The molecule has 1 spiro atoms. The van der Waals surface area contributed by atoms with Gasteiger partial charge in [-0.15, -0.1) is 0 Å². The van der Waals surface area contributed by atoms with Crippen LogP contribution in [0.3, 0.4) is 0 Å². The quantitative estimate of drug-likeness (QED) is 0.486. The molecule has 0 aliphatic heterocycles. The maximum absolute atomic E-state index is 12.1. The summed E-state index contributed by atoms with van der Waals surface area (Å²) in [5.74, 6) is 0.356. The minimum absolute atomic E-state index is 0.0300. The molecule has 1 heterocycles. The Bertz CT molecular complexity index is 1130. The molecule has 1 saturated carbocycles. The van der Waals surface area contributed by atoms with Gasteiger partial charge in [-0.25, -0.2) is 0 Å². The van der Waals surface area contributed by atoms with E-state index in [1.807, 2.05) is 72.9 Å². The van der Waals surface area contributed by atoms with Crippen molar-refractivity contribution in [2.24, 2.45) is 5.92 Å². The highest BCUT2D eigenvalue weighted by Crippen LogP contribution is 2.68. The highest BCUT2D eigenvalue weighted by molar-refractivity contribution is 5.80. The minimum atomic E-state index is -1.02. The molecule has 1 N–H and O–H groups in total. The number of hydrogen-bond acceptors (Lipinski definition) is 2. The lowest BCUT2D eigenvalue weighted by Gasteiger charge is -2.31. The van der Waals surface area contributed by atoms with Crippen LogP contribution in [0.2, 0.25) is 0 Å². The van der Waals surface area contributed by atoms with Crippen molar-refractivity contribution in [3.05, 3.63) is 126 Å². The fourth-order valence-corrected chi connectivity index (χ4v) is 5.63. The first kappa shape index (κ1) is 17.6. The van der Waals surface area contributed by atoms with Gasteiger partial charge in [-0.3, -0.25) is 4.98 Å². The molecule has 4 aromatic rings. The standard InChI is InChI=1S/C28H23NO/c30-28(20-10-3-1-4-11-20,21-12-5-2-6-13-21)19-22-18-27(22)24-15-8-7-14-23(24)26-25(27)16-9-17-29-26/h1-17,22,30H,18-19H2/t22-,27-/m0/s1. The van der Waals surface area contributed by atoms with E-state index in [4.69, 9.17) is 4.98 Å². The largest absolute Gasteiger partial charge is 0.380 e. The van der Waals surface area contributed by atoms with Crippen LogP contribution in [0.15, 0.2) is 103 Å². The molecule has 0 bridgehead atoms. The molecule has 2 heteroatoms. The van der Waals surface area contributed by atoms with Crippen LogP contribution in [0.5, 0.6) is 0 Å². The monoisotopic (exact) mass is 389 g/mol. The fourth-order valence-electron chi connectivity index (χ4n) is 5.63. The number of pyridine rings is 1. The highest BCUT2D eigenvalue weighted by atomic mass is 16.3. The first-order valence-corrected chi connectivity index (χ1v) is 10.6. The maximum Gasteiger partial charge on any atom is 0.115 e. The van der Waals surface area contributed by atoms with Gasteiger partial charge < -0.3 is 5.11 Å². The molecular formula is C28H23NO. The highest BCUT2D eigenvalue weighted by Gasteiger charge is 2.62. The van der Waals surface area contributed by atoms with Crippen molar-refractivity contribution >= 4 is 0 Å². The molecule has 146 valence electrons. The molecule has 2 nitrogen and oxygen atoms in total. The van der Waals surface area contributed by atoms with E-state index in [-0.39, 0.29) is 5.41 Å². The van der Waals surface area contributed by atoms with Crippen LogP contribution in [0.25, 0.3) is 11.3 Å². The van der Waals surface area contributed by atoms with Crippen LogP contribution in [-0.2, 0) is 11.0 Å². The lowest BCUT2D eigenvalue weighted by Crippen LogP contribution is -2.29. The van der Waals surface area contributed by atoms with E-state index < -0.39 is 5.60 Å². The number of hydrogen-bond donors (Lipinski definition) is 1. The Hall–Kier alpha value is -3.23. The third kappa shape index (κ3) is 2.37. The Kier molecular flexibility index (Phi) is 3.75. The van der Waals surface area contributed by atoms with Crippen molar-refractivity contribution in [1.29, 1.82) is 0 Å². The smallest absolute Gasteiger partial charge is 0.115 e.